The molecule has 3 rings (SSSR count). The van der Waals surface area contributed by atoms with Crippen LogP contribution in [0.1, 0.15) is 5.56 Å². The Balaban J connectivity index is 1.83. The molecule has 0 amide bonds. The first-order valence-electron chi connectivity index (χ1n) is 6.27. The molecular weight excluding hydrogens is 281 g/mol. The highest BCUT2D eigenvalue weighted by molar-refractivity contribution is 5.60. The Morgan fingerprint density at radius 3 is 2.48 bits per heavy atom. The van der Waals surface area contributed by atoms with Crippen LogP contribution < -0.4 is 4.90 Å². The molecule has 2 heterocycles. The molecule has 2 aromatic rings. The topological polar surface area (TPSA) is 29.3 Å². The summed E-state index contributed by atoms with van der Waals surface area (Å²) in [5, 5.41) is 0. The number of oxazole rings is 1. The fourth-order valence-electron chi connectivity index (χ4n) is 1.97. The molecule has 0 aliphatic carbocycles. The molecule has 1 aliphatic rings. The molecule has 1 aliphatic heterocycles. The van der Waals surface area contributed by atoms with Gasteiger partial charge < -0.3 is 4.42 Å². The van der Waals surface area contributed by atoms with E-state index in [0.29, 0.717) is 23.8 Å². The first-order chi connectivity index (χ1) is 10.0. The zero-order valence-corrected chi connectivity index (χ0v) is 10.8. The molecule has 0 atom stereocenters. The number of aromatic nitrogens is 1. The van der Waals surface area contributed by atoms with Crippen LogP contribution in [0.15, 0.2) is 59.4 Å². The van der Waals surface area contributed by atoms with E-state index in [2.05, 4.69) is 4.98 Å². The third kappa shape index (κ3) is 2.84. The van der Waals surface area contributed by atoms with Gasteiger partial charge in [-0.05, 0) is 18.2 Å². The summed E-state index contributed by atoms with van der Waals surface area (Å²) in [7, 11) is 0. The second-order valence-electron chi connectivity index (χ2n) is 4.51. The minimum absolute atomic E-state index is 0.408. The van der Waals surface area contributed by atoms with Crippen LogP contribution in [-0.4, -0.2) is 11.5 Å². The summed E-state index contributed by atoms with van der Waals surface area (Å²) in [4.78, 5) is 6.09. The zero-order valence-electron chi connectivity index (χ0n) is 10.8. The maximum Gasteiger partial charge on any atom is 0.416 e. The summed E-state index contributed by atoms with van der Waals surface area (Å²) in [5.41, 5.74) is 0.398. The van der Waals surface area contributed by atoms with Gasteiger partial charge >= 0.3 is 12.2 Å². The average Bonchev–Trinajstić information content (AvgIpc) is 2.97. The van der Waals surface area contributed by atoms with Gasteiger partial charge in [0.25, 0.3) is 0 Å². The minimum atomic E-state index is -4.33. The van der Waals surface area contributed by atoms with E-state index in [-0.39, 0.29) is 0 Å². The van der Waals surface area contributed by atoms with Crippen LogP contribution in [0.2, 0.25) is 0 Å². The predicted octanol–water partition coefficient (Wildman–Crippen LogP) is 4.25. The summed E-state index contributed by atoms with van der Waals surface area (Å²) >= 11 is 0. The summed E-state index contributed by atoms with van der Waals surface area (Å²) in [6.45, 7) is 0.642. The standard InChI is InChI=1S/C15H11F3N2O/c16-15(17,18)12-6-4-11(5-7-12)13-10-21-14(19-13)20-8-2-1-3-9-20/h1-8,10H,9H2. The number of anilines is 1. The molecule has 1 aromatic heterocycles. The first kappa shape index (κ1) is 13.5. The second-order valence-corrected chi connectivity index (χ2v) is 4.51. The average molecular weight is 292 g/mol. The highest BCUT2D eigenvalue weighted by Gasteiger charge is 2.30. The van der Waals surface area contributed by atoms with Crippen LogP contribution in [0.25, 0.3) is 11.3 Å². The van der Waals surface area contributed by atoms with E-state index in [1.807, 2.05) is 24.4 Å². The molecule has 21 heavy (non-hydrogen) atoms. The lowest BCUT2D eigenvalue weighted by atomic mass is 10.1. The van der Waals surface area contributed by atoms with Crippen LogP contribution >= 0.6 is 0 Å². The van der Waals surface area contributed by atoms with Crippen molar-refractivity contribution in [1.29, 1.82) is 0 Å². The van der Waals surface area contributed by atoms with Crippen LogP contribution in [0.4, 0.5) is 19.2 Å². The third-order valence-corrected chi connectivity index (χ3v) is 3.06. The highest BCUT2D eigenvalue weighted by atomic mass is 19.4. The third-order valence-electron chi connectivity index (χ3n) is 3.06. The van der Waals surface area contributed by atoms with Crippen LogP contribution in [0.3, 0.4) is 0 Å². The van der Waals surface area contributed by atoms with E-state index < -0.39 is 11.7 Å². The number of hydrogen-bond donors (Lipinski definition) is 0. The van der Waals surface area contributed by atoms with Crippen molar-refractivity contribution in [3.05, 3.63) is 60.5 Å². The normalized spacial score (nSPS) is 14.7. The maximum absolute atomic E-state index is 12.5. The number of hydrogen-bond acceptors (Lipinski definition) is 3. The summed E-state index contributed by atoms with van der Waals surface area (Å²) in [5.74, 6) is 0. The Hall–Kier alpha value is -2.50. The largest absolute Gasteiger partial charge is 0.431 e. The molecule has 0 radical (unpaired) electrons. The molecule has 0 spiro atoms. The monoisotopic (exact) mass is 292 g/mol. The first-order valence-corrected chi connectivity index (χ1v) is 6.27. The van der Waals surface area contributed by atoms with Crippen molar-refractivity contribution >= 4 is 6.01 Å². The Morgan fingerprint density at radius 1 is 1.10 bits per heavy atom. The van der Waals surface area contributed by atoms with Gasteiger partial charge in [0.15, 0.2) is 0 Å². The van der Waals surface area contributed by atoms with Crippen LogP contribution in [0, 0.1) is 0 Å². The van der Waals surface area contributed by atoms with Gasteiger partial charge in [0.1, 0.15) is 12.0 Å². The molecule has 0 unspecified atom stereocenters. The van der Waals surface area contributed by atoms with Crippen molar-refractivity contribution in [2.45, 2.75) is 6.18 Å². The van der Waals surface area contributed by atoms with Gasteiger partial charge in [-0.1, -0.05) is 24.3 Å². The molecule has 1 aromatic carbocycles. The van der Waals surface area contributed by atoms with Gasteiger partial charge in [-0.2, -0.15) is 18.2 Å². The van der Waals surface area contributed by atoms with Gasteiger partial charge in [-0.3, -0.25) is 4.90 Å². The Labute approximate surface area is 119 Å². The van der Waals surface area contributed by atoms with Crippen LogP contribution in [-0.2, 0) is 6.18 Å². The van der Waals surface area contributed by atoms with Crippen molar-refractivity contribution in [3.63, 3.8) is 0 Å². The molecule has 0 saturated heterocycles. The van der Waals surface area contributed by atoms with E-state index in [0.717, 1.165) is 12.1 Å². The van der Waals surface area contributed by atoms with Gasteiger partial charge in [-0.15, -0.1) is 0 Å². The van der Waals surface area contributed by atoms with E-state index in [1.54, 1.807) is 4.90 Å². The highest BCUT2D eigenvalue weighted by Crippen LogP contribution is 2.31. The van der Waals surface area contributed by atoms with Crippen molar-refractivity contribution in [3.8, 4) is 11.3 Å². The molecule has 0 N–H and O–H groups in total. The lowest BCUT2D eigenvalue weighted by molar-refractivity contribution is -0.137. The predicted molar refractivity (Wildman–Crippen MR) is 72.6 cm³/mol. The van der Waals surface area contributed by atoms with Crippen LogP contribution in [0.5, 0.6) is 0 Å². The van der Waals surface area contributed by atoms with Gasteiger partial charge in [-0.25, -0.2) is 0 Å². The molecular formula is C15H11F3N2O. The zero-order chi connectivity index (χ0) is 14.9. The molecule has 0 fully saturated rings. The number of benzene rings is 1. The summed E-state index contributed by atoms with van der Waals surface area (Å²) < 4.78 is 42.9. The summed E-state index contributed by atoms with van der Waals surface area (Å²) in [6, 6.07) is 5.25. The van der Waals surface area contributed by atoms with Crippen molar-refractivity contribution < 1.29 is 17.6 Å². The van der Waals surface area contributed by atoms with E-state index in [4.69, 9.17) is 4.42 Å². The molecule has 108 valence electrons. The summed E-state index contributed by atoms with van der Waals surface area (Å²) in [6.07, 6.45) is 4.63. The van der Waals surface area contributed by atoms with Gasteiger partial charge in [0.2, 0.25) is 0 Å². The lowest BCUT2D eigenvalue weighted by Crippen LogP contribution is -2.17. The van der Waals surface area contributed by atoms with Crippen molar-refractivity contribution in [2.24, 2.45) is 0 Å². The van der Waals surface area contributed by atoms with Gasteiger partial charge in [0, 0.05) is 18.3 Å². The molecule has 0 saturated carbocycles. The number of alkyl halides is 3. The quantitative estimate of drug-likeness (QED) is 0.828. The minimum Gasteiger partial charge on any atom is -0.431 e. The Bertz CT molecular complexity index is 684. The number of nitrogens with zero attached hydrogens (tertiary/aromatic N) is 2. The second kappa shape index (κ2) is 5.12. The lowest BCUT2D eigenvalue weighted by Gasteiger charge is -2.14. The molecule has 3 nitrogen and oxygen atoms in total. The fourth-order valence-corrected chi connectivity index (χ4v) is 1.97. The van der Waals surface area contributed by atoms with Crippen molar-refractivity contribution in [1.82, 2.24) is 4.98 Å². The number of halogens is 3. The number of allylic oxidation sites excluding steroid dienone is 2. The van der Waals surface area contributed by atoms with Crippen molar-refractivity contribution in [2.75, 3.05) is 11.4 Å². The fraction of sp³-hybridized carbons (Fsp3) is 0.133. The van der Waals surface area contributed by atoms with E-state index >= 15 is 0 Å². The van der Waals surface area contributed by atoms with E-state index in [9.17, 15) is 13.2 Å². The van der Waals surface area contributed by atoms with Gasteiger partial charge in [0.05, 0.1) is 5.56 Å². The number of rotatable bonds is 2. The maximum atomic E-state index is 12.5. The molecule has 6 heteroatoms. The Morgan fingerprint density at radius 2 is 1.86 bits per heavy atom. The molecule has 0 bridgehead atoms. The van der Waals surface area contributed by atoms with E-state index in [1.165, 1.54) is 18.4 Å². The Kier molecular flexibility index (Phi) is 3.29. The SMILES string of the molecule is FC(F)(F)c1ccc(-c2coc(N3C=CC=CC3)n2)cc1. The smallest absolute Gasteiger partial charge is 0.416 e.